The number of hydrogen-bond donors (Lipinski definition) is 1. The lowest BCUT2D eigenvalue weighted by atomic mass is 10.3. The first-order valence-corrected chi connectivity index (χ1v) is 9.78. The van der Waals surface area contributed by atoms with Crippen molar-refractivity contribution < 1.29 is 17.9 Å². The fraction of sp³-hybridized carbons (Fsp3) is 0.333. The zero-order chi connectivity index (χ0) is 18.7. The molecule has 0 aliphatic carbocycles. The highest BCUT2D eigenvalue weighted by atomic mass is 32.2. The topological polar surface area (TPSA) is 88.6 Å². The summed E-state index contributed by atoms with van der Waals surface area (Å²) in [6.07, 6.45) is 1.24. The van der Waals surface area contributed by atoms with Crippen molar-refractivity contribution >= 4 is 21.6 Å². The second-order valence-electron chi connectivity index (χ2n) is 6.27. The lowest BCUT2D eigenvalue weighted by Crippen LogP contribution is -2.48. The van der Waals surface area contributed by atoms with Crippen molar-refractivity contribution in [2.45, 2.75) is 31.0 Å². The number of carbonyl (C=O) groups is 1. The van der Waals surface area contributed by atoms with Crippen molar-refractivity contribution in [2.75, 3.05) is 18.4 Å². The van der Waals surface area contributed by atoms with Gasteiger partial charge in [-0.2, -0.15) is 4.31 Å². The Morgan fingerprint density at radius 1 is 1.12 bits per heavy atom. The molecule has 1 aromatic carbocycles. The Hall–Kier alpha value is -2.29. The Bertz CT molecular complexity index is 859. The number of rotatable bonds is 4. The van der Waals surface area contributed by atoms with Crippen molar-refractivity contribution in [3.63, 3.8) is 0 Å². The molecule has 0 bridgehead atoms. The molecule has 2 aromatic rings. The van der Waals surface area contributed by atoms with Crippen molar-refractivity contribution in [3.8, 4) is 0 Å². The summed E-state index contributed by atoms with van der Waals surface area (Å²) in [5, 5.41) is 2.70. The number of carbonyl (C=O) groups excluding carboxylic acids is 1. The number of amides is 1. The van der Waals surface area contributed by atoms with Crippen LogP contribution in [0.3, 0.4) is 0 Å². The molecule has 1 N–H and O–H groups in total. The highest BCUT2D eigenvalue weighted by Crippen LogP contribution is 2.22. The van der Waals surface area contributed by atoms with Gasteiger partial charge >= 0.3 is 0 Å². The average Bonchev–Trinajstić information content (AvgIpc) is 2.62. The predicted octanol–water partition coefficient (Wildman–Crippen LogP) is 2.13. The SMILES string of the molecule is C[C@@H]1CN(S(=O)(=O)c2ccc(NC(=O)c3ccccn3)cc2)C[C@H](C)O1. The van der Waals surface area contributed by atoms with Crippen LogP contribution in [-0.4, -0.2) is 48.9 Å². The third kappa shape index (κ3) is 4.09. The maximum atomic E-state index is 12.8. The van der Waals surface area contributed by atoms with Crippen LogP contribution in [-0.2, 0) is 14.8 Å². The van der Waals surface area contributed by atoms with Gasteiger partial charge in [-0.05, 0) is 50.2 Å². The van der Waals surface area contributed by atoms with Crippen LogP contribution in [0.4, 0.5) is 5.69 Å². The van der Waals surface area contributed by atoms with E-state index in [1.54, 1.807) is 30.3 Å². The Morgan fingerprint density at radius 2 is 1.77 bits per heavy atom. The van der Waals surface area contributed by atoms with E-state index in [1.807, 2.05) is 13.8 Å². The normalized spacial score (nSPS) is 21.3. The number of ether oxygens (including phenoxy) is 1. The number of hydrogen-bond acceptors (Lipinski definition) is 5. The zero-order valence-electron chi connectivity index (χ0n) is 14.6. The summed E-state index contributed by atoms with van der Waals surface area (Å²) in [6.45, 7) is 4.36. The van der Waals surface area contributed by atoms with Crippen molar-refractivity contribution in [2.24, 2.45) is 0 Å². The molecule has 2 heterocycles. The van der Waals surface area contributed by atoms with Crippen LogP contribution in [0.15, 0.2) is 53.6 Å². The molecule has 1 fully saturated rings. The van der Waals surface area contributed by atoms with Crippen LogP contribution in [0.25, 0.3) is 0 Å². The van der Waals surface area contributed by atoms with Gasteiger partial charge in [-0.25, -0.2) is 8.42 Å². The van der Waals surface area contributed by atoms with Gasteiger partial charge in [0.1, 0.15) is 5.69 Å². The molecule has 0 radical (unpaired) electrons. The smallest absolute Gasteiger partial charge is 0.274 e. The third-order valence-corrected chi connectivity index (χ3v) is 5.88. The lowest BCUT2D eigenvalue weighted by Gasteiger charge is -2.34. The molecule has 3 rings (SSSR count). The Balaban J connectivity index is 1.73. The number of morpholine rings is 1. The van der Waals surface area contributed by atoms with E-state index in [2.05, 4.69) is 10.3 Å². The van der Waals surface area contributed by atoms with Gasteiger partial charge in [0.15, 0.2) is 0 Å². The minimum absolute atomic E-state index is 0.148. The summed E-state index contributed by atoms with van der Waals surface area (Å²) in [7, 11) is -3.60. The van der Waals surface area contributed by atoms with E-state index in [4.69, 9.17) is 4.74 Å². The van der Waals surface area contributed by atoms with Crippen molar-refractivity contribution in [3.05, 3.63) is 54.4 Å². The lowest BCUT2D eigenvalue weighted by molar-refractivity contribution is -0.0440. The highest BCUT2D eigenvalue weighted by Gasteiger charge is 2.32. The maximum absolute atomic E-state index is 12.8. The summed E-state index contributed by atoms with van der Waals surface area (Å²) in [6, 6.07) is 11.2. The Kier molecular flexibility index (Phi) is 5.36. The summed E-state index contributed by atoms with van der Waals surface area (Å²) in [5.74, 6) is -0.350. The second kappa shape index (κ2) is 7.53. The molecule has 1 amide bonds. The van der Waals surface area contributed by atoms with Crippen LogP contribution < -0.4 is 5.32 Å². The Labute approximate surface area is 153 Å². The average molecular weight is 375 g/mol. The van der Waals surface area contributed by atoms with Gasteiger partial charge in [0.2, 0.25) is 10.0 Å². The number of anilines is 1. The maximum Gasteiger partial charge on any atom is 0.274 e. The predicted molar refractivity (Wildman–Crippen MR) is 97.4 cm³/mol. The molecule has 1 aromatic heterocycles. The van der Waals surface area contributed by atoms with Crippen LogP contribution in [0.1, 0.15) is 24.3 Å². The fourth-order valence-corrected chi connectivity index (χ4v) is 4.47. The summed E-state index contributed by atoms with van der Waals surface area (Å²) >= 11 is 0. The van der Waals surface area contributed by atoms with Gasteiger partial charge in [-0.1, -0.05) is 6.07 Å². The van der Waals surface area contributed by atoms with Crippen LogP contribution >= 0.6 is 0 Å². The first kappa shape index (κ1) is 18.5. The molecular formula is C18H21N3O4S. The highest BCUT2D eigenvalue weighted by molar-refractivity contribution is 7.89. The van der Waals surface area contributed by atoms with Gasteiger partial charge in [0.25, 0.3) is 5.91 Å². The molecular weight excluding hydrogens is 354 g/mol. The monoisotopic (exact) mass is 375 g/mol. The van der Waals surface area contributed by atoms with E-state index in [-0.39, 0.29) is 23.0 Å². The first-order valence-electron chi connectivity index (χ1n) is 8.34. The molecule has 2 atom stereocenters. The first-order chi connectivity index (χ1) is 12.4. The van der Waals surface area contributed by atoms with Gasteiger partial charge < -0.3 is 10.1 Å². The molecule has 0 spiro atoms. The van der Waals surface area contributed by atoms with E-state index < -0.39 is 10.0 Å². The molecule has 138 valence electrons. The molecule has 0 saturated carbocycles. The fourth-order valence-electron chi connectivity index (χ4n) is 2.88. The third-order valence-electron chi connectivity index (χ3n) is 4.03. The van der Waals surface area contributed by atoms with Gasteiger partial charge in [-0.3, -0.25) is 9.78 Å². The van der Waals surface area contributed by atoms with E-state index >= 15 is 0 Å². The molecule has 26 heavy (non-hydrogen) atoms. The number of pyridine rings is 1. The van der Waals surface area contributed by atoms with Crippen LogP contribution in [0.5, 0.6) is 0 Å². The molecule has 1 aliphatic rings. The number of nitrogens with zero attached hydrogens (tertiary/aromatic N) is 2. The van der Waals surface area contributed by atoms with Crippen LogP contribution in [0.2, 0.25) is 0 Å². The molecule has 1 saturated heterocycles. The molecule has 1 aliphatic heterocycles. The van der Waals surface area contributed by atoms with Crippen molar-refractivity contribution in [1.29, 1.82) is 0 Å². The standard InChI is InChI=1S/C18H21N3O4S/c1-13-11-21(12-14(2)25-13)26(23,24)16-8-6-15(7-9-16)20-18(22)17-5-3-4-10-19-17/h3-10,13-14H,11-12H2,1-2H3,(H,20,22)/t13-,14+. The Morgan fingerprint density at radius 3 is 2.35 bits per heavy atom. The van der Waals surface area contributed by atoms with Gasteiger partial charge in [-0.15, -0.1) is 0 Å². The zero-order valence-corrected chi connectivity index (χ0v) is 15.4. The summed E-state index contributed by atoms with van der Waals surface area (Å²) in [5.41, 5.74) is 0.795. The number of nitrogens with one attached hydrogen (secondary N) is 1. The number of sulfonamides is 1. The van der Waals surface area contributed by atoms with Crippen molar-refractivity contribution in [1.82, 2.24) is 9.29 Å². The number of benzene rings is 1. The summed E-state index contributed by atoms with van der Waals surface area (Å²) in [4.78, 5) is 16.3. The molecule has 7 nitrogen and oxygen atoms in total. The largest absolute Gasteiger partial charge is 0.373 e. The van der Waals surface area contributed by atoms with Crippen LogP contribution in [0, 0.1) is 0 Å². The van der Waals surface area contributed by atoms with E-state index in [0.29, 0.717) is 24.5 Å². The second-order valence-corrected chi connectivity index (χ2v) is 8.21. The van der Waals surface area contributed by atoms with Gasteiger partial charge in [0, 0.05) is 25.0 Å². The van der Waals surface area contributed by atoms with E-state index in [1.165, 1.54) is 22.6 Å². The summed E-state index contributed by atoms with van der Waals surface area (Å²) < 4.78 is 32.6. The minimum Gasteiger partial charge on any atom is -0.373 e. The quantitative estimate of drug-likeness (QED) is 0.884. The molecule has 8 heteroatoms. The number of aromatic nitrogens is 1. The minimum atomic E-state index is -3.60. The molecule has 0 unspecified atom stereocenters. The van der Waals surface area contributed by atoms with Gasteiger partial charge in [0.05, 0.1) is 17.1 Å². The van der Waals surface area contributed by atoms with E-state index in [0.717, 1.165) is 0 Å². The van der Waals surface area contributed by atoms with E-state index in [9.17, 15) is 13.2 Å².